The molecule has 2 rings (SSSR count). The topological polar surface area (TPSA) is 81.2 Å². The molecule has 0 aliphatic carbocycles. The molecular formula is C14H13N3O2. The van der Waals surface area contributed by atoms with Crippen molar-refractivity contribution in [2.75, 3.05) is 11.9 Å². The van der Waals surface area contributed by atoms with E-state index in [1.54, 1.807) is 13.0 Å². The van der Waals surface area contributed by atoms with Gasteiger partial charge in [-0.25, -0.2) is 4.98 Å². The Bertz CT molecular complexity index is 650. The number of hydrogen-bond acceptors (Lipinski definition) is 4. The highest BCUT2D eigenvalue weighted by Crippen LogP contribution is 2.16. The van der Waals surface area contributed by atoms with Crippen LogP contribution in [0.5, 0.6) is 0 Å². The van der Waals surface area contributed by atoms with E-state index in [4.69, 9.17) is 10.2 Å². The van der Waals surface area contributed by atoms with Crippen LogP contribution >= 0.6 is 0 Å². The molecule has 0 spiro atoms. The number of aryl methyl sites for hydroxylation is 1. The van der Waals surface area contributed by atoms with Crippen molar-refractivity contribution < 1.29 is 9.21 Å². The van der Waals surface area contributed by atoms with Crippen LogP contribution in [0, 0.1) is 18.8 Å². The maximum absolute atomic E-state index is 12.0. The number of rotatable bonds is 2. The van der Waals surface area contributed by atoms with Crippen molar-refractivity contribution in [1.29, 1.82) is 0 Å². The third-order valence-electron chi connectivity index (χ3n) is 2.45. The van der Waals surface area contributed by atoms with Gasteiger partial charge in [-0.05, 0) is 19.1 Å². The van der Waals surface area contributed by atoms with Crippen LogP contribution in [0.25, 0.3) is 0 Å². The number of amides is 1. The molecule has 2 aromatic rings. The fraction of sp³-hybridized carbons (Fsp3) is 0.143. The first-order chi connectivity index (χ1) is 9.22. The van der Waals surface area contributed by atoms with Crippen LogP contribution in [0.15, 0.2) is 35.1 Å². The summed E-state index contributed by atoms with van der Waals surface area (Å²) < 4.78 is 5.04. The van der Waals surface area contributed by atoms with Crippen LogP contribution in [0.1, 0.15) is 21.8 Å². The Balaban J connectivity index is 2.24. The van der Waals surface area contributed by atoms with E-state index in [-0.39, 0.29) is 18.2 Å². The zero-order valence-electron chi connectivity index (χ0n) is 10.4. The van der Waals surface area contributed by atoms with Crippen molar-refractivity contribution in [2.45, 2.75) is 6.92 Å². The number of carbonyl (C=O) groups is 1. The van der Waals surface area contributed by atoms with E-state index in [1.807, 2.05) is 18.2 Å². The molecule has 1 heterocycles. The lowest BCUT2D eigenvalue weighted by Gasteiger charge is -2.05. The number of nitrogens with zero attached hydrogens (tertiary/aromatic N) is 1. The highest BCUT2D eigenvalue weighted by Gasteiger charge is 2.14. The fourth-order valence-corrected chi connectivity index (χ4v) is 1.55. The number of hydrogen-bond donors (Lipinski definition) is 2. The number of benzene rings is 1. The molecule has 5 heteroatoms. The van der Waals surface area contributed by atoms with Gasteiger partial charge in [0.15, 0.2) is 6.39 Å². The number of anilines is 1. The van der Waals surface area contributed by atoms with Gasteiger partial charge in [-0.3, -0.25) is 4.79 Å². The summed E-state index contributed by atoms with van der Waals surface area (Å²) in [6, 6.07) is 7.24. The molecular weight excluding hydrogens is 242 g/mol. The Hall–Kier alpha value is -2.58. The Morgan fingerprint density at radius 1 is 1.47 bits per heavy atom. The predicted molar refractivity (Wildman–Crippen MR) is 71.6 cm³/mol. The summed E-state index contributed by atoms with van der Waals surface area (Å²) in [7, 11) is 0. The maximum Gasteiger partial charge on any atom is 0.293 e. The van der Waals surface area contributed by atoms with Crippen LogP contribution in [0.2, 0.25) is 0 Å². The Kier molecular flexibility index (Phi) is 3.96. The maximum atomic E-state index is 12.0. The zero-order valence-corrected chi connectivity index (χ0v) is 10.4. The highest BCUT2D eigenvalue weighted by atomic mass is 16.3. The first kappa shape index (κ1) is 12.9. The standard InChI is InChI=1S/C14H13N3O2/c1-10-13(19-9-16-10)14(18)17-12-7-3-2-5-11(12)6-4-8-15/h2-3,5,7,9H,8,15H2,1H3,(H,17,18). The molecule has 0 radical (unpaired) electrons. The summed E-state index contributed by atoms with van der Waals surface area (Å²) in [5, 5.41) is 2.75. The molecule has 0 aliphatic rings. The number of nitrogens with two attached hydrogens (primary N) is 1. The first-order valence-electron chi connectivity index (χ1n) is 5.71. The average Bonchev–Trinajstić information content (AvgIpc) is 2.84. The van der Waals surface area contributed by atoms with Crippen molar-refractivity contribution in [2.24, 2.45) is 5.73 Å². The van der Waals surface area contributed by atoms with Crippen LogP contribution in [0.4, 0.5) is 5.69 Å². The SMILES string of the molecule is Cc1ncoc1C(=O)Nc1ccccc1C#CCN. The first-order valence-corrected chi connectivity index (χ1v) is 5.71. The quantitative estimate of drug-likeness (QED) is 0.798. The third kappa shape index (κ3) is 3.00. The van der Waals surface area contributed by atoms with Crippen molar-refractivity contribution in [3.05, 3.63) is 47.7 Å². The molecule has 3 N–H and O–H groups in total. The van der Waals surface area contributed by atoms with E-state index < -0.39 is 0 Å². The minimum atomic E-state index is -0.350. The summed E-state index contributed by atoms with van der Waals surface area (Å²) in [6.07, 6.45) is 1.24. The van der Waals surface area contributed by atoms with Crippen molar-refractivity contribution >= 4 is 11.6 Å². The fourth-order valence-electron chi connectivity index (χ4n) is 1.55. The summed E-state index contributed by atoms with van der Waals surface area (Å²) >= 11 is 0. The largest absolute Gasteiger partial charge is 0.438 e. The van der Waals surface area contributed by atoms with Gasteiger partial charge in [0.1, 0.15) is 0 Å². The lowest BCUT2D eigenvalue weighted by atomic mass is 10.1. The molecule has 0 unspecified atom stereocenters. The van der Waals surface area contributed by atoms with Gasteiger partial charge in [0.2, 0.25) is 5.76 Å². The molecule has 5 nitrogen and oxygen atoms in total. The van der Waals surface area contributed by atoms with E-state index in [9.17, 15) is 4.79 Å². The van der Waals surface area contributed by atoms with E-state index in [1.165, 1.54) is 6.39 Å². The number of carbonyl (C=O) groups excluding carboxylic acids is 1. The van der Waals surface area contributed by atoms with E-state index in [0.29, 0.717) is 16.9 Å². The number of nitrogens with one attached hydrogen (secondary N) is 1. The van der Waals surface area contributed by atoms with Gasteiger partial charge < -0.3 is 15.5 Å². The highest BCUT2D eigenvalue weighted by molar-refractivity contribution is 6.03. The Morgan fingerprint density at radius 2 is 2.26 bits per heavy atom. The molecule has 0 atom stereocenters. The normalized spacial score (nSPS) is 9.58. The summed E-state index contributed by atoms with van der Waals surface area (Å²) in [5.74, 6) is 5.50. The second-order valence-electron chi connectivity index (χ2n) is 3.77. The van der Waals surface area contributed by atoms with Crippen molar-refractivity contribution in [3.63, 3.8) is 0 Å². The third-order valence-corrected chi connectivity index (χ3v) is 2.45. The van der Waals surface area contributed by atoms with Gasteiger partial charge in [-0.15, -0.1) is 0 Å². The van der Waals surface area contributed by atoms with Crippen LogP contribution in [-0.2, 0) is 0 Å². The number of para-hydroxylation sites is 1. The van der Waals surface area contributed by atoms with E-state index >= 15 is 0 Å². The van der Waals surface area contributed by atoms with Crippen molar-refractivity contribution in [3.8, 4) is 11.8 Å². The number of oxazole rings is 1. The van der Waals surface area contributed by atoms with Gasteiger partial charge in [-0.2, -0.15) is 0 Å². The predicted octanol–water partition coefficient (Wildman–Crippen LogP) is 1.55. The molecule has 1 aromatic carbocycles. The smallest absolute Gasteiger partial charge is 0.293 e. The second-order valence-corrected chi connectivity index (χ2v) is 3.77. The molecule has 1 amide bonds. The minimum absolute atomic E-state index is 0.196. The monoisotopic (exact) mass is 255 g/mol. The van der Waals surface area contributed by atoms with Gasteiger partial charge in [0.25, 0.3) is 5.91 Å². The molecule has 0 saturated heterocycles. The average molecular weight is 255 g/mol. The minimum Gasteiger partial charge on any atom is -0.438 e. The molecule has 0 bridgehead atoms. The van der Waals surface area contributed by atoms with Gasteiger partial charge in [0.05, 0.1) is 17.9 Å². The van der Waals surface area contributed by atoms with Crippen molar-refractivity contribution in [1.82, 2.24) is 4.98 Å². The Labute approximate surface area is 110 Å². The molecule has 1 aromatic heterocycles. The van der Waals surface area contributed by atoms with E-state index in [2.05, 4.69) is 22.1 Å². The van der Waals surface area contributed by atoms with E-state index in [0.717, 1.165) is 0 Å². The molecule has 0 fully saturated rings. The lowest BCUT2D eigenvalue weighted by molar-refractivity contribution is 0.0996. The van der Waals surface area contributed by atoms with Crippen LogP contribution < -0.4 is 11.1 Å². The molecule has 0 aliphatic heterocycles. The van der Waals surface area contributed by atoms with Gasteiger partial charge in [-0.1, -0.05) is 24.0 Å². The van der Waals surface area contributed by atoms with Gasteiger partial charge in [0, 0.05) is 5.56 Å². The lowest BCUT2D eigenvalue weighted by Crippen LogP contribution is -2.13. The summed E-state index contributed by atoms with van der Waals surface area (Å²) in [4.78, 5) is 15.9. The Morgan fingerprint density at radius 3 is 2.95 bits per heavy atom. The number of aromatic nitrogens is 1. The molecule has 96 valence electrons. The van der Waals surface area contributed by atoms with Gasteiger partial charge >= 0.3 is 0 Å². The van der Waals surface area contributed by atoms with Crippen LogP contribution in [-0.4, -0.2) is 17.4 Å². The zero-order chi connectivity index (χ0) is 13.7. The molecule has 19 heavy (non-hydrogen) atoms. The van der Waals surface area contributed by atoms with Crippen LogP contribution in [0.3, 0.4) is 0 Å². The summed E-state index contributed by atoms with van der Waals surface area (Å²) in [6.45, 7) is 1.97. The molecule has 0 saturated carbocycles. The summed E-state index contributed by atoms with van der Waals surface area (Å²) in [5.41, 5.74) is 7.21. The second kappa shape index (κ2) is 5.85.